The molecule has 2 aliphatic carbocycles. The first kappa shape index (κ1) is 36.7. The molecule has 2 heterocycles. The van der Waals surface area contributed by atoms with Crippen molar-refractivity contribution in [1.29, 1.82) is 0 Å². The number of hydrogen-bond acceptors (Lipinski definition) is 2. The van der Waals surface area contributed by atoms with Gasteiger partial charge in [0.15, 0.2) is 0 Å². The summed E-state index contributed by atoms with van der Waals surface area (Å²) in [5.74, 6) is 0. The van der Waals surface area contributed by atoms with Crippen molar-refractivity contribution in [2.24, 2.45) is 0 Å². The molecule has 0 amide bonds. The minimum absolute atomic E-state index is 0. The number of rotatable bonds is 3. The van der Waals surface area contributed by atoms with Crippen molar-refractivity contribution in [2.75, 3.05) is 0 Å². The minimum Gasteiger partial charge on any atom is -0.305 e. The molecule has 3 heteroatoms. The van der Waals surface area contributed by atoms with E-state index in [1.165, 1.54) is 61.0 Å². The van der Waals surface area contributed by atoms with E-state index in [0.717, 1.165) is 53.7 Å². The summed E-state index contributed by atoms with van der Waals surface area (Å²) in [6, 6.07) is 48.1. The molecule has 5 aromatic carbocycles. The minimum atomic E-state index is 0. The van der Waals surface area contributed by atoms with Gasteiger partial charge in [0.05, 0.1) is 5.52 Å². The molecule has 0 saturated carbocycles. The molecule has 2 aliphatic rings. The largest absolute Gasteiger partial charge is 0.305 e. The summed E-state index contributed by atoms with van der Waals surface area (Å²) in [5.41, 5.74) is 19.4. The molecule has 2 aromatic heterocycles. The molecular formula is C50H46IrN2-2. The first-order valence-electron chi connectivity index (χ1n) is 18.7. The number of pyridine rings is 2. The Hall–Kier alpha value is -4.69. The molecule has 267 valence electrons. The molecule has 1 radical (unpaired) electrons. The third-order valence-electron chi connectivity index (χ3n) is 10.6. The zero-order valence-corrected chi connectivity index (χ0v) is 34.0. The predicted octanol–water partition coefficient (Wildman–Crippen LogP) is 12.4. The molecule has 53 heavy (non-hydrogen) atoms. The predicted molar refractivity (Wildman–Crippen MR) is 218 cm³/mol. The molecule has 0 bridgehead atoms. The van der Waals surface area contributed by atoms with Crippen molar-refractivity contribution < 1.29 is 20.1 Å². The number of fused-ring (bicyclic) bond motifs is 1. The van der Waals surface area contributed by atoms with Gasteiger partial charge in [0.2, 0.25) is 0 Å². The number of nitrogens with zero attached hydrogens (tertiary/aromatic N) is 2. The van der Waals surface area contributed by atoms with Gasteiger partial charge in [-0.15, -0.1) is 64.2 Å². The SMILES string of the molecule is CC(C)(C)c1cc(-c2[c-]c3c4c(c2)CCc2cccc(c2-4)CC3)nc2ccccc12.CC(C)(C)c1ccnc(-c2[c-]ccc(-c3ccccc3)c2)c1.[Ir]. The van der Waals surface area contributed by atoms with Crippen LogP contribution in [0.4, 0.5) is 0 Å². The van der Waals surface area contributed by atoms with E-state index in [4.69, 9.17) is 4.98 Å². The normalized spacial score (nSPS) is 13.0. The fourth-order valence-electron chi connectivity index (χ4n) is 7.86. The van der Waals surface area contributed by atoms with Crippen LogP contribution in [0, 0.1) is 12.1 Å². The summed E-state index contributed by atoms with van der Waals surface area (Å²) in [6.45, 7) is 13.5. The Morgan fingerprint density at radius 2 is 1.28 bits per heavy atom. The van der Waals surface area contributed by atoms with E-state index in [-0.39, 0.29) is 30.9 Å². The third kappa shape index (κ3) is 7.43. The molecule has 0 atom stereocenters. The second kappa shape index (κ2) is 14.6. The van der Waals surface area contributed by atoms with Crippen LogP contribution in [0.1, 0.15) is 74.9 Å². The van der Waals surface area contributed by atoms with Crippen molar-refractivity contribution >= 4 is 10.9 Å². The van der Waals surface area contributed by atoms with Crippen LogP contribution in [0.2, 0.25) is 0 Å². The molecule has 0 fully saturated rings. The first-order chi connectivity index (χ1) is 25.0. The molecule has 0 unspecified atom stereocenters. The Balaban J connectivity index is 0.000000169. The summed E-state index contributed by atoms with van der Waals surface area (Å²) in [4.78, 5) is 9.60. The van der Waals surface area contributed by atoms with Gasteiger partial charge in [0, 0.05) is 31.7 Å². The van der Waals surface area contributed by atoms with E-state index in [0.29, 0.717) is 0 Å². The molecule has 9 rings (SSSR count). The quantitative estimate of drug-likeness (QED) is 0.165. The summed E-state index contributed by atoms with van der Waals surface area (Å²) in [6.07, 6.45) is 6.33. The van der Waals surface area contributed by atoms with Gasteiger partial charge in [-0.05, 0) is 87.9 Å². The molecular weight excluding hydrogens is 821 g/mol. The van der Waals surface area contributed by atoms with E-state index in [1.54, 1.807) is 0 Å². The molecule has 0 N–H and O–H groups in total. The Morgan fingerprint density at radius 1 is 0.566 bits per heavy atom. The van der Waals surface area contributed by atoms with Gasteiger partial charge >= 0.3 is 0 Å². The zero-order valence-electron chi connectivity index (χ0n) is 31.6. The standard InChI is InChI=1S/C29H26N.C21H20N.Ir/c1-29(2,3)24-17-26(30-25-10-5-4-9-23(24)25)22-15-20-13-11-18-7-6-8-19-12-14-21(16-22)28(20)27(18)19;1-21(2,3)19-12-13-22-20(15-19)18-11-7-10-17(14-18)16-8-5-4-6-9-16;/h4-10,15,17H,11-14H2,1-3H3;4-10,12-15H,1-3H3;/q2*-1;. The van der Waals surface area contributed by atoms with Crippen molar-refractivity contribution in [3.8, 4) is 44.8 Å². The number of aryl methyl sites for hydroxylation is 4. The van der Waals surface area contributed by atoms with E-state index in [9.17, 15) is 0 Å². The van der Waals surface area contributed by atoms with Crippen LogP contribution < -0.4 is 0 Å². The van der Waals surface area contributed by atoms with Crippen LogP contribution in [0.5, 0.6) is 0 Å². The van der Waals surface area contributed by atoms with Crippen LogP contribution in [0.15, 0.2) is 121 Å². The van der Waals surface area contributed by atoms with E-state index in [1.807, 2.05) is 18.3 Å². The average molecular weight is 867 g/mol. The number of aromatic nitrogens is 2. The average Bonchev–Trinajstić information content (AvgIpc) is 3.16. The van der Waals surface area contributed by atoms with Crippen molar-refractivity contribution in [2.45, 2.75) is 78.1 Å². The van der Waals surface area contributed by atoms with Gasteiger partial charge in [-0.25, -0.2) is 0 Å². The summed E-state index contributed by atoms with van der Waals surface area (Å²) in [5, 5.41) is 1.26. The summed E-state index contributed by atoms with van der Waals surface area (Å²) < 4.78 is 0. The van der Waals surface area contributed by atoms with Gasteiger partial charge in [-0.2, -0.15) is 0 Å². The van der Waals surface area contributed by atoms with E-state index < -0.39 is 0 Å². The number of hydrogen-bond donors (Lipinski definition) is 0. The van der Waals surface area contributed by atoms with Crippen LogP contribution >= 0.6 is 0 Å². The Bertz CT molecular complexity index is 2380. The van der Waals surface area contributed by atoms with Crippen molar-refractivity contribution in [3.63, 3.8) is 0 Å². The molecule has 2 nitrogen and oxygen atoms in total. The zero-order chi connectivity index (χ0) is 36.0. The second-order valence-electron chi connectivity index (χ2n) is 16.4. The Labute approximate surface area is 329 Å². The van der Waals surface area contributed by atoms with Crippen LogP contribution in [-0.2, 0) is 56.6 Å². The number of benzene rings is 5. The van der Waals surface area contributed by atoms with Gasteiger partial charge in [-0.1, -0.05) is 132 Å². The topological polar surface area (TPSA) is 25.8 Å². The monoisotopic (exact) mass is 867 g/mol. The number of para-hydroxylation sites is 1. The fourth-order valence-corrected chi connectivity index (χ4v) is 7.86. The van der Waals surface area contributed by atoms with Crippen molar-refractivity contribution in [3.05, 3.63) is 167 Å². The van der Waals surface area contributed by atoms with E-state index in [2.05, 4.69) is 162 Å². The second-order valence-corrected chi connectivity index (χ2v) is 16.4. The smallest absolute Gasteiger partial charge is 0.0598 e. The summed E-state index contributed by atoms with van der Waals surface area (Å²) in [7, 11) is 0. The van der Waals surface area contributed by atoms with Crippen LogP contribution in [0.3, 0.4) is 0 Å². The maximum atomic E-state index is 5.07. The van der Waals surface area contributed by atoms with Crippen LogP contribution in [-0.4, -0.2) is 9.97 Å². The Kier molecular flexibility index (Phi) is 10.1. The maximum absolute atomic E-state index is 5.07. The third-order valence-corrected chi connectivity index (χ3v) is 10.6. The molecule has 7 aromatic rings. The van der Waals surface area contributed by atoms with Gasteiger partial charge in [0.25, 0.3) is 0 Å². The Morgan fingerprint density at radius 3 is 2.04 bits per heavy atom. The summed E-state index contributed by atoms with van der Waals surface area (Å²) >= 11 is 0. The maximum Gasteiger partial charge on any atom is 0.0598 e. The fraction of sp³-hybridized carbons (Fsp3) is 0.240. The van der Waals surface area contributed by atoms with Gasteiger partial charge in [0.1, 0.15) is 0 Å². The molecule has 0 spiro atoms. The molecule has 0 aliphatic heterocycles. The van der Waals surface area contributed by atoms with Crippen LogP contribution in [0.25, 0.3) is 55.7 Å². The van der Waals surface area contributed by atoms with E-state index >= 15 is 0 Å². The van der Waals surface area contributed by atoms with Gasteiger partial charge in [-0.3, -0.25) is 4.98 Å². The van der Waals surface area contributed by atoms with Gasteiger partial charge < -0.3 is 4.98 Å². The first-order valence-corrected chi connectivity index (χ1v) is 18.7. The molecule has 0 saturated heterocycles. The van der Waals surface area contributed by atoms with Crippen molar-refractivity contribution in [1.82, 2.24) is 9.97 Å².